The Hall–Kier alpha value is -0.820. The predicted octanol–water partition coefficient (Wildman–Crippen LogP) is 3.79. The van der Waals surface area contributed by atoms with Crippen LogP contribution in [-0.2, 0) is 6.42 Å². The quantitative estimate of drug-likeness (QED) is 0.833. The van der Waals surface area contributed by atoms with Crippen molar-refractivity contribution in [3.05, 3.63) is 35.9 Å². The summed E-state index contributed by atoms with van der Waals surface area (Å²) in [6.45, 7) is 3.67. The average Bonchev–Trinajstić information content (AvgIpc) is 2.73. The predicted molar refractivity (Wildman–Crippen MR) is 76.6 cm³/mol. The zero-order valence-electron chi connectivity index (χ0n) is 11.5. The molecule has 2 fully saturated rings. The van der Waals surface area contributed by atoms with E-state index in [0.29, 0.717) is 11.5 Å². The minimum absolute atomic E-state index is 0.605. The second-order valence-corrected chi connectivity index (χ2v) is 6.51. The van der Waals surface area contributed by atoms with Gasteiger partial charge in [0.25, 0.3) is 0 Å². The van der Waals surface area contributed by atoms with E-state index in [1.165, 1.54) is 50.6 Å². The van der Waals surface area contributed by atoms with E-state index in [1.807, 2.05) is 0 Å². The third-order valence-electron chi connectivity index (χ3n) is 5.16. The van der Waals surface area contributed by atoms with Crippen molar-refractivity contribution in [2.24, 2.45) is 11.3 Å². The molecule has 0 amide bonds. The summed E-state index contributed by atoms with van der Waals surface area (Å²) in [7, 11) is 0. The van der Waals surface area contributed by atoms with Crippen LogP contribution in [0.3, 0.4) is 0 Å². The SMILES string of the molecule is CC1CCCC2(CCNC2Cc2ccccc2)C1. The highest BCUT2D eigenvalue weighted by Gasteiger charge is 2.44. The number of benzene rings is 1. The van der Waals surface area contributed by atoms with Crippen molar-refractivity contribution in [1.82, 2.24) is 5.32 Å². The molecule has 1 aromatic rings. The van der Waals surface area contributed by atoms with Crippen LogP contribution in [0, 0.1) is 11.3 Å². The van der Waals surface area contributed by atoms with Gasteiger partial charge in [0.1, 0.15) is 0 Å². The second kappa shape index (κ2) is 5.05. The molecule has 0 aromatic heterocycles. The molecule has 1 nitrogen and oxygen atoms in total. The first-order valence-corrected chi connectivity index (χ1v) is 7.56. The largest absolute Gasteiger partial charge is 0.313 e. The van der Waals surface area contributed by atoms with Crippen LogP contribution in [0.5, 0.6) is 0 Å². The summed E-state index contributed by atoms with van der Waals surface area (Å²) in [5, 5.41) is 3.79. The Bertz CT molecular complexity index is 386. The van der Waals surface area contributed by atoms with Crippen LogP contribution in [0.2, 0.25) is 0 Å². The Morgan fingerprint density at radius 1 is 1.22 bits per heavy atom. The summed E-state index contributed by atoms with van der Waals surface area (Å²) < 4.78 is 0. The van der Waals surface area contributed by atoms with E-state index in [2.05, 4.69) is 42.6 Å². The van der Waals surface area contributed by atoms with Gasteiger partial charge < -0.3 is 5.32 Å². The molecule has 1 heterocycles. The van der Waals surface area contributed by atoms with Crippen molar-refractivity contribution in [3.8, 4) is 0 Å². The number of hydrogen-bond donors (Lipinski definition) is 1. The van der Waals surface area contributed by atoms with Crippen molar-refractivity contribution in [2.75, 3.05) is 6.54 Å². The van der Waals surface area contributed by atoms with E-state index in [9.17, 15) is 0 Å². The molecule has 1 saturated heterocycles. The molecule has 1 aromatic carbocycles. The van der Waals surface area contributed by atoms with Crippen LogP contribution in [0.4, 0.5) is 0 Å². The molecule has 98 valence electrons. The summed E-state index contributed by atoms with van der Waals surface area (Å²) in [6, 6.07) is 11.7. The highest BCUT2D eigenvalue weighted by atomic mass is 15.0. The van der Waals surface area contributed by atoms with Gasteiger partial charge in [0.2, 0.25) is 0 Å². The molecule has 3 unspecified atom stereocenters. The Labute approximate surface area is 111 Å². The topological polar surface area (TPSA) is 12.0 Å². The van der Waals surface area contributed by atoms with E-state index in [4.69, 9.17) is 0 Å². The number of nitrogens with one attached hydrogen (secondary N) is 1. The molecule has 3 rings (SSSR count). The average molecular weight is 243 g/mol. The molecule has 1 heteroatoms. The third kappa shape index (κ3) is 2.33. The zero-order valence-corrected chi connectivity index (χ0v) is 11.5. The van der Waals surface area contributed by atoms with Crippen LogP contribution in [0.1, 0.15) is 44.6 Å². The maximum atomic E-state index is 3.79. The second-order valence-electron chi connectivity index (χ2n) is 6.51. The maximum absolute atomic E-state index is 3.79. The van der Waals surface area contributed by atoms with Gasteiger partial charge in [-0.1, -0.05) is 50.1 Å². The van der Waals surface area contributed by atoms with Gasteiger partial charge in [0.15, 0.2) is 0 Å². The molecule has 0 bridgehead atoms. The summed E-state index contributed by atoms with van der Waals surface area (Å²) in [4.78, 5) is 0. The molecule has 0 radical (unpaired) electrons. The molecular formula is C17H25N. The zero-order chi connectivity index (χ0) is 12.4. The van der Waals surface area contributed by atoms with Crippen LogP contribution in [-0.4, -0.2) is 12.6 Å². The first-order chi connectivity index (χ1) is 8.78. The smallest absolute Gasteiger partial charge is 0.0164 e. The summed E-state index contributed by atoms with van der Waals surface area (Å²) in [6.07, 6.45) is 8.38. The van der Waals surface area contributed by atoms with Gasteiger partial charge in [-0.3, -0.25) is 0 Å². The maximum Gasteiger partial charge on any atom is 0.0164 e. The molecule has 2 aliphatic rings. The highest BCUT2D eigenvalue weighted by molar-refractivity contribution is 5.18. The van der Waals surface area contributed by atoms with Gasteiger partial charge in [-0.15, -0.1) is 0 Å². The molecule has 1 aliphatic heterocycles. The van der Waals surface area contributed by atoms with E-state index in [1.54, 1.807) is 0 Å². The molecular weight excluding hydrogens is 218 g/mol. The standard InChI is InChI=1S/C17H25N/c1-14-6-5-9-17(13-14)10-11-18-16(17)12-15-7-3-2-4-8-15/h2-4,7-8,14,16,18H,5-6,9-13H2,1H3. The van der Waals surface area contributed by atoms with Crippen molar-refractivity contribution < 1.29 is 0 Å². The van der Waals surface area contributed by atoms with Crippen LogP contribution in [0.25, 0.3) is 0 Å². The summed E-state index contributed by atoms with van der Waals surface area (Å²) >= 11 is 0. The van der Waals surface area contributed by atoms with Crippen molar-refractivity contribution >= 4 is 0 Å². The van der Waals surface area contributed by atoms with Gasteiger partial charge in [0.05, 0.1) is 0 Å². The Morgan fingerprint density at radius 3 is 2.83 bits per heavy atom. The van der Waals surface area contributed by atoms with Crippen LogP contribution >= 0.6 is 0 Å². The number of hydrogen-bond acceptors (Lipinski definition) is 1. The molecule has 3 atom stereocenters. The molecule has 1 saturated carbocycles. The van der Waals surface area contributed by atoms with Crippen molar-refractivity contribution in [1.29, 1.82) is 0 Å². The van der Waals surface area contributed by atoms with Crippen molar-refractivity contribution in [3.63, 3.8) is 0 Å². The lowest BCUT2D eigenvalue weighted by Gasteiger charge is -2.41. The molecule has 18 heavy (non-hydrogen) atoms. The molecule has 1 aliphatic carbocycles. The van der Waals surface area contributed by atoms with Gasteiger partial charge in [-0.05, 0) is 49.1 Å². The normalized spacial score (nSPS) is 36.1. The third-order valence-corrected chi connectivity index (χ3v) is 5.16. The lowest BCUT2D eigenvalue weighted by atomic mass is 9.65. The Balaban J connectivity index is 1.75. The van der Waals surface area contributed by atoms with E-state index in [-0.39, 0.29) is 0 Å². The monoisotopic (exact) mass is 243 g/mol. The fourth-order valence-corrected chi connectivity index (χ4v) is 4.27. The van der Waals surface area contributed by atoms with Crippen molar-refractivity contribution in [2.45, 2.75) is 51.5 Å². The first kappa shape index (κ1) is 12.2. The fraction of sp³-hybridized carbons (Fsp3) is 0.647. The minimum atomic E-state index is 0.605. The van der Waals surface area contributed by atoms with E-state index in [0.717, 1.165) is 5.92 Å². The minimum Gasteiger partial charge on any atom is -0.313 e. The lowest BCUT2D eigenvalue weighted by molar-refractivity contribution is 0.126. The van der Waals surface area contributed by atoms with E-state index < -0.39 is 0 Å². The number of rotatable bonds is 2. The van der Waals surface area contributed by atoms with Crippen LogP contribution < -0.4 is 5.32 Å². The Morgan fingerprint density at radius 2 is 2.06 bits per heavy atom. The van der Waals surface area contributed by atoms with Crippen LogP contribution in [0.15, 0.2) is 30.3 Å². The van der Waals surface area contributed by atoms with Gasteiger partial charge >= 0.3 is 0 Å². The molecule has 1 N–H and O–H groups in total. The first-order valence-electron chi connectivity index (χ1n) is 7.56. The Kier molecular flexibility index (Phi) is 3.43. The lowest BCUT2D eigenvalue weighted by Crippen LogP contribution is -2.41. The molecule has 1 spiro atoms. The fourth-order valence-electron chi connectivity index (χ4n) is 4.27. The van der Waals surface area contributed by atoms with E-state index >= 15 is 0 Å². The van der Waals surface area contributed by atoms with Gasteiger partial charge in [-0.25, -0.2) is 0 Å². The summed E-state index contributed by atoms with van der Waals surface area (Å²) in [5.74, 6) is 0.928. The summed E-state index contributed by atoms with van der Waals surface area (Å²) in [5.41, 5.74) is 2.10. The highest BCUT2D eigenvalue weighted by Crippen LogP contribution is 2.47. The van der Waals surface area contributed by atoms with Gasteiger partial charge in [0, 0.05) is 6.04 Å². The van der Waals surface area contributed by atoms with Gasteiger partial charge in [-0.2, -0.15) is 0 Å².